The highest BCUT2D eigenvalue weighted by molar-refractivity contribution is 8.18. The maximum Gasteiger partial charge on any atom is 0.371 e. The van der Waals surface area contributed by atoms with E-state index in [0.29, 0.717) is 27.7 Å². The Bertz CT molecular complexity index is 992. The van der Waals surface area contributed by atoms with Crippen LogP contribution >= 0.6 is 11.8 Å². The van der Waals surface area contributed by atoms with Crippen LogP contribution in [0, 0.1) is 0 Å². The number of rotatable bonds is 7. The van der Waals surface area contributed by atoms with Gasteiger partial charge in [-0.05, 0) is 61.5 Å². The van der Waals surface area contributed by atoms with Gasteiger partial charge in [0.2, 0.25) is 5.76 Å². The quantitative estimate of drug-likeness (QED) is 0.674. The van der Waals surface area contributed by atoms with Gasteiger partial charge in [0.05, 0.1) is 12.0 Å². The van der Waals surface area contributed by atoms with E-state index < -0.39 is 5.97 Å². The van der Waals surface area contributed by atoms with Crippen molar-refractivity contribution in [1.29, 1.82) is 0 Å². The Kier molecular flexibility index (Phi) is 5.97. The number of aromatic carboxylic acids is 1. The molecule has 0 aliphatic carbocycles. The van der Waals surface area contributed by atoms with E-state index in [1.807, 2.05) is 0 Å². The molecule has 0 bridgehead atoms. The molecule has 9 heteroatoms. The molecule has 1 aromatic heterocycles. The molecule has 0 saturated carbocycles. The molecule has 1 N–H and O–H groups in total. The molecule has 1 aliphatic heterocycles. The predicted molar refractivity (Wildman–Crippen MR) is 106 cm³/mol. The molecule has 0 radical (unpaired) electrons. The monoisotopic (exact) mass is 417 g/mol. The van der Waals surface area contributed by atoms with Gasteiger partial charge in [-0.2, -0.15) is 0 Å². The topological polar surface area (TPSA) is 106 Å². The van der Waals surface area contributed by atoms with Crippen LogP contribution in [0.5, 0.6) is 11.5 Å². The minimum absolute atomic E-state index is 0.0241. The number of thioether (sulfide) groups is 1. The summed E-state index contributed by atoms with van der Waals surface area (Å²) in [4.78, 5) is 36.8. The predicted octanol–water partition coefficient (Wildman–Crippen LogP) is 4.01. The number of hydrogen-bond donors (Lipinski definition) is 1. The minimum atomic E-state index is -1.15. The van der Waals surface area contributed by atoms with Crippen molar-refractivity contribution in [2.24, 2.45) is 0 Å². The molecule has 3 rings (SSSR count). The third-order valence-corrected chi connectivity index (χ3v) is 4.95. The van der Waals surface area contributed by atoms with Crippen molar-refractivity contribution in [1.82, 2.24) is 4.90 Å². The van der Waals surface area contributed by atoms with Gasteiger partial charge >= 0.3 is 5.97 Å². The van der Waals surface area contributed by atoms with E-state index in [1.165, 1.54) is 24.1 Å². The van der Waals surface area contributed by atoms with Crippen molar-refractivity contribution in [3.05, 3.63) is 52.3 Å². The average molecular weight is 417 g/mol. The molecule has 152 valence electrons. The summed E-state index contributed by atoms with van der Waals surface area (Å²) in [6.07, 6.45) is 1.63. The van der Waals surface area contributed by atoms with Gasteiger partial charge in [0, 0.05) is 6.04 Å². The Labute approximate surface area is 171 Å². The summed E-state index contributed by atoms with van der Waals surface area (Å²) in [5.74, 6) is -0.432. The number of benzene rings is 1. The molecule has 29 heavy (non-hydrogen) atoms. The second kappa shape index (κ2) is 8.44. The van der Waals surface area contributed by atoms with E-state index in [4.69, 9.17) is 19.0 Å². The third-order valence-electron chi connectivity index (χ3n) is 4.07. The summed E-state index contributed by atoms with van der Waals surface area (Å²) >= 11 is 0.901. The van der Waals surface area contributed by atoms with Crippen molar-refractivity contribution in [2.45, 2.75) is 26.5 Å². The van der Waals surface area contributed by atoms with E-state index in [2.05, 4.69) is 0 Å². The zero-order chi connectivity index (χ0) is 21.1. The van der Waals surface area contributed by atoms with Gasteiger partial charge in [0.25, 0.3) is 11.1 Å². The first-order valence-electron chi connectivity index (χ1n) is 8.70. The molecule has 1 aromatic carbocycles. The Hall–Kier alpha value is -3.20. The Morgan fingerprint density at radius 1 is 1.24 bits per heavy atom. The molecule has 2 aromatic rings. The normalized spacial score (nSPS) is 15.4. The van der Waals surface area contributed by atoms with Gasteiger partial charge in [-0.15, -0.1) is 0 Å². The van der Waals surface area contributed by atoms with Gasteiger partial charge in [-0.25, -0.2) is 4.79 Å². The average Bonchev–Trinajstić information content (AvgIpc) is 3.25. The van der Waals surface area contributed by atoms with Crippen LogP contribution < -0.4 is 9.47 Å². The third kappa shape index (κ3) is 4.45. The Morgan fingerprint density at radius 2 is 2.00 bits per heavy atom. The van der Waals surface area contributed by atoms with Gasteiger partial charge in [0.1, 0.15) is 12.4 Å². The number of imide groups is 1. The number of carbonyl (C=O) groups excluding carboxylic acids is 2. The van der Waals surface area contributed by atoms with Gasteiger partial charge < -0.3 is 19.0 Å². The number of carboxylic acid groups (broad SMARTS) is 1. The Morgan fingerprint density at radius 3 is 2.59 bits per heavy atom. The highest BCUT2D eigenvalue weighted by atomic mass is 32.2. The van der Waals surface area contributed by atoms with Gasteiger partial charge in [0.15, 0.2) is 11.5 Å². The number of methoxy groups -OCH3 is 1. The van der Waals surface area contributed by atoms with E-state index in [1.54, 1.807) is 38.1 Å². The van der Waals surface area contributed by atoms with Crippen LogP contribution in [0.2, 0.25) is 0 Å². The SMILES string of the molecule is COc1cc(C=C2SC(=O)N(C(C)C)C2=O)ccc1OCc1ccc(C(=O)O)o1. The van der Waals surface area contributed by atoms with Crippen molar-refractivity contribution >= 4 is 35.0 Å². The lowest BCUT2D eigenvalue weighted by Gasteiger charge is -2.16. The first-order valence-corrected chi connectivity index (χ1v) is 9.51. The zero-order valence-corrected chi connectivity index (χ0v) is 16.8. The lowest BCUT2D eigenvalue weighted by Crippen LogP contribution is -2.34. The first-order chi connectivity index (χ1) is 13.8. The molecule has 1 fully saturated rings. The lowest BCUT2D eigenvalue weighted by molar-refractivity contribution is -0.123. The second-order valence-corrected chi connectivity index (χ2v) is 7.41. The van der Waals surface area contributed by atoms with Crippen LogP contribution in [0.15, 0.2) is 39.7 Å². The molecule has 8 nitrogen and oxygen atoms in total. The molecule has 2 amide bonds. The van der Waals surface area contributed by atoms with Crippen LogP contribution in [0.4, 0.5) is 4.79 Å². The fourth-order valence-corrected chi connectivity index (χ4v) is 3.65. The van der Waals surface area contributed by atoms with Crippen molar-refractivity contribution in [2.75, 3.05) is 7.11 Å². The highest BCUT2D eigenvalue weighted by Gasteiger charge is 2.36. The van der Waals surface area contributed by atoms with E-state index in [9.17, 15) is 14.4 Å². The largest absolute Gasteiger partial charge is 0.493 e. The van der Waals surface area contributed by atoms with Crippen LogP contribution in [0.25, 0.3) is 6.08 Å². The number of carbonyl (C=O) groups is 3. The summed E-state index contributed by atoms with van der Waals surface area (Å²) in [6.45, 7) is 3.59. The molecule has 0 unspecified atom stereocenters. The molecular formula is C20H19NO7S. The summed E-state index contributed by atoms with van der Waals surface area (Å²) in [6, 6.07) is 7.75. The van der Waals surface area contributed by atoms with Crippen LogP contribution in [-0.2, 0) is 11.4 Å². The van der Waals surface area contributed by atoms with Crippen LogP contribution in [0.3, 0.4) is 0 Å². The summed E-state index contributed by atoms with van der Waals surface area (Å²) in [5, 5.41) is 8.60. The standard InChI is InChI=1S/C20H19NO7S/c1-11(2)21-18(22)17(29-20(21)25)9-12-4-6-14(16(8-12)26-3)27-10-13-5-7-15(28-13)19(23)24/h4-9,11H,10H2,1-3H3,(H,23,24). The van der Waals surface area contributed by atoms with E-state index >= 15 is 0 Å². The number of amides is 2. The molecule has 0 atom stereocenters. The van der Waals surface area contributed by atoms with Gasteiger partial charge in [-0.1, -0.05) is 6.07 Å². The summed E-state index contributed by atoms with van der Waals surface area (Å²) in [7, 11) is 1.48. The number of ether oxygens (including phenoxy) is 2. The molecule has 1 saturated heterocycles. The number of furan rings is 1. The van der Waals surface area contributed by atoms with Crippen molar-refractivity contribution in [3.63, 3.8) is 0 Å². The Balaban J connectivity index is 1.75. The maximum atomic E-state index is 12.4. The van der Waals surface area contributed by atoms with Crippen LogP contribution in [0.1, 0.15) is 35.7 Å². The molecular weight excluding hydrogens is 398 g/mol. The summed E-state index contributed by atoms with van der Waals surface area (Å²) in [5.41, 5.74) is 0.676. The molecule has 1 aliphatic rings. The van der Waals surface area contributed by atoms with E-state index in [0.717, 1.165) is 11.8 Å². The molecule has 2 heterocycles. The fourth-order valence-electron chi connectivity index (χ4n) is 2.69. The maximum absolute atomic E-state index is 12.4. The first kappa shape index (κ1) is 20.5. The number of nitrogens with zero attached hydrogens (tertiary/aromatic N) is 1. The highest BCUT2D eigenvalue weighted by Crippen LogP contribution is 2.35. The van der Waals surface area contributed by atoms with Crippen molar-refractivity contribution in [3.8, 4) is 11.5 Å². The fraction of sp³-hybridized carbons (Fsp3) is 0.250. The smallest absolute Gasteiger partial charge is 0.371 e. The summed E-state index contributed by atoms with van der Waals surface area (Å²) < 4.78 is 16.1. The second-order valence-electron chi connectivity index (χ2n) is 6.42. The number of carboxylic acids is 1. The van der Waals surface area contributed by atoms with Crippen molar-refractivity contribution < 1.29 is 33.4 Å². The van der Waals surface area contributed by atoms with Crippen LogP contribution in [-0.4, -0.2) is 40.3 Å². The van der Waals surface area contributed by atoms with E-state index in [-0.39, 0.29) is 29.6 Å². The molecule has 0 spiro atoms. The minimum Gasteiger partial charge on any atom is -0.493 e. The number of hydrogen-bond acceptors (Lipinski definition) is 7. The zero-order valence-electron chi connectivity index (χ0n) is 16.0. The lowest BCUT2D eigenvalue weighted by atomic mass is 10.1. The van der Waals surface area contributed by atoms with Gasteiger partial charge in [-0.3, -0.25) is 14.5 Å².